The quantitative estimate of drug-likeness (QED) is 0.351. The molecular weight excluding hydrogens is 509 g/mol. The third-order valence-electron chi connectivity index (χ3n) is 5.51. The highest BCUT2D eigenvalue weighted by Gasteiger charge is 2.35. The number of hydrogen-bond donors (Lipinski definition) is 3. The molecule has 0 atom stereocenters. The minimum Gasteiger partial charge on any atom is -0.495 e. The Morgan fingerprint density at radius 3 is 2.46 bits per heavy atom. The van der Waals surface area contributed by atoms with Crippen LogP contribution >= 0.6 is 0 Å². The smallest absolute Gasteiger partial charge is 0.421 e. The average molecular weight is 539 g/mol. The lowest BCUT2D eigenvalue weighted by molar-refractivity contribution is -0.137. The molecule has 9 nitrogen and oxygen atoms in total. The number of anilines is 4. The van der Waals surface area contributed by atoms with Crippen molar-refractivity contribution < 1.29 is 26.3 Å². The molecule has 3 N–H and O–H groups in total. The minimum atomic E-state index is -4.72. The molecule has 0 bridgehead atoms. The van der Waals surface area contributed by atoms with Gasteiger partial charge in [-0.05, 0) is 48.9 Å². The summed E-state index contributed by atoms with van der Waals surface area (Å²) in [6.07, 6.45) is -2.97. The molecular formula is C24H29F3N6O3S. The van der Waals surface area contributed by atoms with Gasteiger partial charge in [-0.3, -0.25) is 4.31 Å². The van der Waals surface area contributed by atoms with Crippen molar-refractivity contribution in [1.29, 1.82) is 0 Å². The second-order valence-corrected chi connectivity index (χ2v) is 10.4. The Labute approximate surface area is 214 Å². The fraction of sp³-hybridized carbons (Fsp3) is 0.333. The maximum Gasteiger partial charge on any atom is 0.421 e. The number of ether oxygens (including phenoxy) is 1. The molecule has 0 aliphatic carbocycles. The summed E-state index contributed by atoms with van der Waals surface area (Å²) in [6, 6.07) is 10.4. The molecule has 0 aliphatic rings. The number of methoxy groups -OCH3 is 1. The highest BCUT2D eigenvalue weighted by Crippen LogP contribution is 2.35. The fourth-order valence-electron chi connectivity index (χ4n) is 3.53. The van der Waals surface area contributed by atoms with Gasteiger partial charge in [-0.15, -0.1) is 0 Å². The van der Waals surface area contributed by atoms with E-state index in [2.05, 4.69) is 25.9 Å². The zero-order valence-electron chi connectivity index (χ0n) is 21.1. The molecule has 2 aromatic carbocycles. The van der Waals surface area contributed by atoms with Crippen LogP contribution in [-0.4, -0.2) is 45.8 Å². The van der Waals surface area contributed by atoms with Crippen LogP contribution < -0.4 is 25.0 Å². The van der Waals surface area contributed by atoms with E-state index in [4.69, 9.17) is 4.74 Å². The Morgan fingerprint density at radius 1 is 1.11 bits per heavy atom. The maximum absolute atomic E-state index is 13.7. The van der Waals surface area contributed by atoms with E-state index in [0.29, 0.717) is 35.4 Å². The summed E-state index contributed by atoms with van der Waals surface area (Å²) in [6.45, 7) is 2.29. The Morgan fingerprint density at radius 2 is 1.84 bits per heavy atom. The van der Waals surface area contributed by atoms with Crippen LogP contribution in [0.25, 0.3) is 0 Å². The zero-order valence-corrected chi connectivity index (χ0v) is 21.9. The van der Waals surface area contributed by atoms with Crippen LogP contribution in [0, 0.1) is 6.92 Å². The lowest BCUT2D eigenvalue weighted by atomic mass is 10.1. The topological polar surface area (TPSA) is 108 Å². The second kappa shape index (κ2) is 11.2. The van der Waals surface area contributed by atoms with E-state index in [-0.39, 0.29) is 12.5 Å². The largest absolute Gasteiger partial charge is 0.495 e. The van der Waals surface area contributed by atoms with Crippen molar-refractivity contribution in [3.8, 4) is 5.75 Å². The van der Waals surface area contributed by atoms with E-state index < -0.39 is 27.6 Å². The van der Waals surface area contributed by atoms with Crippen molar-refractivity contribution in [2.45, 2.75) is 26.2 Å². The highest BCUT2D eigenvalue weighted by atomic mass is 32.2. The predicted molar refractivity (Wildman–Crippen MR) is 138 cm³/mol. The summed E-state index contributed by atoms with van der Waals surface area (Å²) in [5.41, 5.74) is 1.99. The average Bonchev–Trinajstić information content (AvgIpc) is 2.82. The van der Waals surface area contributed by atoms with Gasteiger partial charge in [-0.25, -0.2) is 13.4 Å². The molecule has 3 aromatic rings. The monoisotopic (exact) mass is 538 g/mol. The van der Waals surface area contributed by atoms with Gasteiger partial charge in [0.05, 0.1) is 24.7 Å². The van der Waals surface area contributed by atoms with Crippen LogP contribution in [0.15, 0.2) is 42.6 Å². The van der Waals surface area contributed by atoms with Crippen LogP contribution in [0.5, 0.6) is 5.75 Å². The standard InChI is InChI=1S/C24H29F3N6O3S/c1-15-6-8-17(20(10-15)33(3)37(5,34)35)13-29-22-18(24(25,26)27)14-30-23(32-22)31-19-9-7-16(12-28-2)11-21(19)36-4/h6-11,14,28H,12-13H2,1-5H3,(H2,29,30,31,32). The summed E-state index contributed by atoms with van der Waals surface area (Å²) >= 11 is 0. The van der Waals surface area contributed by atoms with Gasteiger partial charge in [0.25, 0.3) is 0 Å². The van der Waals surface area contributed by atoms with Gasteiger partial charge in [0.15, 0.2) is 0 Å². The van der Waals surface area contributed by atoms with Crippen LogP contribution in [0.3, 0.4) is 0 Å². The molecule has 200 valence electrons. The summed E-state index contributed by atoms with van der Waals surface area (Å²) in [7, 11) is 1.09. The molecule has 0 saturated heterocycles. The molecule has 13 heteroatoms. The lowest BCUT2D eigenvalue weighted by Crippen LogP contribution is -2.26. The molecule has 0 saturated carbocycles. The first-order chi connectivity index (χ1) is 17.3. The molecule has 0 radical (unpaired) electrons. The number of alkyl halides is 3. The van der Waals surface area contributed by atoms with Gasteiger partial charge in [0.2, 0.25) is 16.0 Å². The Balaban J connectivity index is 1.95. The van der Waals surface area contributed by atoms with Crippen molar-refractivity contribution in [3.05, 3.63) is 64.8 Å². The van der Waals surface area contributed by atoms with Crippen LogP contribution in [0.4, 0.5) is 36.3 Å². The summed E-state index contributed by atoms with van der Waals surface area (Å²) < 4.78 is 71.9. The second-order valence-electron chi connectivity index (χ2n) is 8.36. The van der Waals surface area contributed by atoms with E-state index in [0.717, 1.165) is 21.7 Å². The Kier molecular flexibility index (Phi) is 8.49. The number of hydrogen-bond acceptors (Lipinski definition) is 8. The number of nitrogens with one attached hydrogen (secondary N) is 3. The lowest BCUT2D eigenvalue weighted by Gasteiger charge is -2.22. The normalized spacial score (nSPS) is 11.8. The van der Waals surface area contributed by atoms with Crippen molar-refractivity contribution >= 4 is 33.2 Å². The van der Waals surface area contributed by atoms with E-state index in [1.165, 1.54) is 14.2 Å². The van der Waals surface area contributed by atoms with Gasteiger partial charge in [0.1, 0.15) is 17.1 Å². The van der Waals surface area contributed by atoms with Crippen molar-refractivity contribution in [2.24, 2.45) is 0 Å². The third kappa shape index (κ3) is 7.01. The first kappa shape index (κ1) is 28.0. The molecule has 0 amide bonds. The van der Waals surface area contributed by atoms with Crippen LogP contribution in [-0.2, 0) is 29.3 Å². The number of sulfonamides is 1. The van der Waals surface area contributed by atoms with Gasteiger partial charge < -0.3 is 20.7 Å². The summed E-state index contributed by atoms with van der Waals surface area (Å²) in [4.78, 5) is 7.91. The molecule has 3 rings (SSSR count). The number of rotatable bonds is 10. The molecule has 0 spiro atoms. The third-order valence-corrected chi connectivity index (χ3v) is 6.70. The number of aryl methyl sites for hydroxylation is 1. The number of benzene rings is 2. The molecule has 1 aromatic heterocycles. The van der Waals surface area contributed by atoms with E-state index in [9.17, 15) is 21.6 Å². The van der Waals surface area contributed by atoms with E-state index in [1.54, 1.807) is 37.3 Å². The fourth-order valence-corrected chi connectivity index (χ4v) is 4.06. The van der Waals surface area contributed by atoms with E-state index >= 15 is 0 Å². The molecule has 1 heterocycles. The van der Waals surface area contributed by atoms with E-state index in [1.807, 2.05) is 13.1 Å². The van der Waals surface area contributed by atoms with Gasteiger partial charge >= 0.3 is 6.18 Å². The molecule has 37 heavy (non-hydrogen) atoms. The van der Waals surface area contributed by atoms with Gasteiger partial charge in [-0.2, -0.15) is 18.2 Å². The van der Waals surface area contributed by atoms with Crippen molar-refractivity contribution in [3.63, 3.8) is 0 Å². The first-order valence-electron chi connectivity index (χ1n) is 11.1. The molecule has 0 aliphatic heterocycles. The summed E-state index contributed by atoms with van der Waals surface area (Å²) in [5, 5.41) is 8.65. The van der Waals surface area contributed by atoms with Crippen LogP contribution in [0.1, 0.15) is 22.3 Å². The molecule has 0 unspecified atom stereocenters. The maximum atomic E-state index is 13.7. The number of halogens is 3. The summed E-state index contributed by atoms with van der Waals surface area (Å²) in [5.74, 6) is -0.0595. The van der Waals surface area contributed by atoms with Gasteiger partial charge in [-0.1, -0.05) is 18.2 Å². The number of aromatic nitrogens is 2. The number of nitrogens with zero attached hydrogens (tertiary/aromatic N) is 3. The first-order valence-corrected chi connectivity index (χ1v) is 13.0. The van der Waals surface area contributed by atoms with Crippen molar-refractivity contribution in [2.75, 3.05) is 42.4 Å². The van der Waals surface area contributed by atoms with Gasteiger partial charge in [0, 0.05) is 26.3 Å². The predicted octanol–water partition coefficient (Wildman–Crippen LogP) is 4.28. The van der Waals surface area contributed by atoms with Crippen molar-refractivity contribution in [1.82, 2.24) is 15.3 Å². The van der Waals surface area contributed by atoms with Crippen LogP contribution in [0.2, 0.25) is 0 Å². The Bertz CT molecular complexity index is 1370. The SMILES string of the molecule is CNCc1ccc(Nc2ncc(C(F)(F)F)c(NCc3ccc(C)cc3N(C)S(C)(=O)=O)n2)c(OC)c1. The minimum absolute atomic E-state index is 0.0763. The zero-order chi connectivity index (χ0) is 27.4. The molecule has 0 fully saturated rings. The Hall–Kier alpha value is -3.58. The highest BCUT2D eigenvalue weighted by molar-refractivity contribution is 7.92.